The third-order valence-electron chi connectivity index (χ3n) is 3.09. The van der Waals surface area contributed by atoms with E-state index in [2.05, 4.69) is 20.6 Å². The summed E-state index contributed by atoms with van der Waals surface area (Å²) in [5, 5.41) is 7.14. The molecule has 4 nitrogen and oxygen atoms in total. The van der Waals surface area contributed by atoms with Gasteiger partial charge in [0.15, 0.2) is 0 Å². The van der Waals surface area contributed by atoms with E-state index in [1.54, 1.807) is 12.4 Å². The normalized spacial score (nSPS) is 25.4. The lowest BCUT2D eigenvalue weighted by molar-refractivity contribution is 0.371. The van der Waals surface area contributed by atoms with Crippen LogP contribution in [0.3, 0.4) is 0 Å². The Morgan fingerprint density at radius 3 is 2.50 bits per heavy atom. The Morgan fingerprint density at radius 2 is 1.88 bits per heavy atom. The molecule has 2 N–H and O–H groups in total. The number of nitrogens with zero attached hydrogens (tertiary/aromatic N) is 2. The highest BCUT2D eigenvalue weighted by Crippen LogP contribution is 2.21. The summed E-state index contributed by atoms with van der Waals surface area (Å²) in [5.74, 6) is 0.778. The monoisotopic (exact) mass is 240 g/mol. The van der Waals surface area contributed by atoms with Crippen LogP contribution in [-0.2, 0) is 0 Å². The molecule has 1 aliphatic rings. The topological polar surface area (TPSA) is 49.8 Å². The molecule has 0 bridgehead atoms. The molecule has 88 valence electrons. The molecule has 1 heterocycles. The number of rotatable bonds is 3. The van der Waals surface area contributed by atoms with Gasteiger partial charge in [0.25, 0.3) is 0 Å². The van der Waals surface area contributed by atoms with Crippen LogP contribution in [0.2, 0.25) is 5.15 Å². The maximum Gasteiger partial charge on any atom is 0.149 e. The van der Waals surface area contributed by atoms with Gasteiger partial charge in [-0.3, -0.25) is 4.98 Å². The van der Waals surface area contributed by atoms with E-state index >= 15 is 0 Å². The Hall–Kier alpha value is -0.870. The van der Waals surface area contributed by atoms with E-state index in [4.69, 9.17) is 11.6 Å². The molecule has 0 aliphatic heterocycles. The molecular weight excluding hydrogens is 224 g/mol. The fourth-order valence-electron chi connectivity index (χ4n) is 2.15. The standard InChI is InChI=1S/C11H17ClN4/c1-13-8-2-4-9(5-3-8)15-11-7-14-6-10(12)16-11/h6-9,13H,2-5H2,1H3,(H,15,16). The van der Waals surface area contributed by atoms with Gasteiger partial charge in [-0.2, -0.15) is 0 Å². The lowest BCUT2D eigenvalue weighted by atomic mass is 9.91. The Bertz CT molecular complexity index is 337. The number of anilines is 1. The summed E-state index contributed by atoms with van der Waals surface area (Å²) >= 11 is 5.78. The van der Waals surface area contributed by atoms with E-state index in [0.717, 1.165) is 5.82 Å². The highest BCUT2D eigenvalue weighted by Gasteiger charge is 2.19. The lowest BCUT2D eigenvalue weighted by Crippen LogP contribution is -2.35. The molecule has 5 heteroatoms. The number of nitrogens with one attached hydrogen (secondary N) is 2. The summed E-state index contributed by atoms with van der Waals surface area (Å²) in [5.41, 5.74) is 0. The molecule has 1 aromatic rings. The average molecular weight is 241 g/mol. The van der Waals surface area contributed by atoms with Crippen molar-refractivity contribution in [3.63, 3.8) is 0 Å². The van der Waals surface area contributed by atoms with Crippen molar-refractivity contribution in [2.75, 3.05) is 12.4 Å². The van der Waals surface area contributed by atoms with Crippen molar-refractivity contribution in [3.05, 3.63) is 17.5 Å². The van der Waals surface area contributed by atoms with Crippen LogP contribution in [0.15, 0.2) is 12.4 Å². The minimum Gasteiger partial charge on any atom is -0.366 e. The Balaban J connectivity index is 1.87. The summed E-state index contributed by atoms with van der Waals surface area (Å²) in [6.07, 6.45) is 8.02. The van der Waals surface area contributed by atoms with Gasteiger partial charge in [0.2, 0.25) is 0 Å². The number of hydrogen-bond donors (Lipinski definition) is 2. The SMILES string of the molecule is CNC1CCC(Nc2cncc(Cl)n2)CC1. The first kappa shape index (κ1) is 11.6. The summed E-state index contributed by atoms with van der Waals surface area (Å²) < 4.78 is 0. The first-order valence-corrected chi connectivity index (χ1v) is 6.07. The van der Waals surface area contributed by atoms with Crippen LogP contribution in [0.1, 0.15) is 25.7 Å². The van der Waals surface area contributed by atoms with Gasteiger partial charge in [-0.1, -0.05) is 11.6 Å². The molecule has 0 aromatic carbocycles. The lowest BCUT2D eigenvalue weighted by Gasteiger charge is -2.29. The Kier molecular flexibility index (Phi) is 3.96. The molecule has 0 atom stereocenters. The van der Waals surface area contributed by atoms with Gasteiger partial charge >= 0.3 is 0 Å². The van der Waals surface area contributed by atoms with E-state index in [0.29, 0.717) is 17.2 Å². The van der Waals surface area contributed by atoms with Crippen molar-refractivity contribution in [2.45, 2.75) is 37.8 Å². The van der Waals surface area contributed by atoms with E-state index in [1.807, 2.05) is 7.05 Å². The van der Waals surface area contributed by atoms with Crippen LogP contribution in [0.5, 0.6) is 0 Å². The van der Waals surface area contributed by atoms with E-state index in [1.165, 1.54) is 25.7 Å². The number of halogens is 1. The smallest absolute Gasteiger partial charge is 0.149 e. The van der Waals surface area contributed by atoms with Gasteiger partial charge in [-0.05, 0) is 32.7 Å². The predicted molar refractivity (Wildman–Crippen MR) is 65.8 cm³/mol. The van der Waals surface area contributed by atoms with Gasteiger partial charge in [-0.25, -0.2) is 4.98 Å². The van der Waals surface area contributed by atoms with Gasteiger partial charge in [0.1, 0.15) is 11.0 Å². The predicted octanol–water partition coefficient (Wildman–Crippen LogP) is 2.07. The quantitative estimate of drug-likeness (QED) is 0.849. The Labute approximate surface area is 101 Å². The first-order chi connectivity index (χ1) is 7.78. The van der Waals surface area contributed by atoms with Crippen molar-refractivity contribution in [1.82, 2.24) is 15.3 Å². The summed E-state index contributed by atoms with van der Waals surface area (Å²) in [6, 6.07) is 1.17. The molecule has 0 spiro atoms. The summed E-state index contributed by atoms with van der Waals surface area (Å²) in [4.78, 5) is 8.19. The molecule has 0 amide bonds. The van der Waals surface area contributed by atoms with Crippen LogP contribution in [0, 0.1) is 0 Å². The number of aromatic nitrogens is 2. The van der Waals surface area contributed by atoms with E-state index in [-0.39, 0.29) is 0 Å². The summed E-state index contributed by atoms with van der Waals surface area (Å²) in [6.45, 7) is 0. The highest BCUT2D eigenvalue weighted by molar-refractivity contribution is 6.29. The third-order valence-corrected chi connectivity index (χ3v) is 3.27. The van der Waals surface area contributed by atoms with Crippen LogP contribution in [0.25, 0.3) is 0 Å². The molecule has 0 unspecified atom stereocenters. The molecule has 2 rings (SSSR count). The first-order valence-electron chi connectivity index (χ1n) is 5.69. The summed E-state index contributed by atoms with van der Waals surface area (Å²) in [7, 11) is 2.03. The average Bonchev–Trinajstić information content (AvgIpc) is 2.30. The maximum absolute atomic E-state index is 5.78. The maximum atomic E-state index is 5.78. The minimum atomic E-state index is 0.439. The fraction of sp³-hybridized carbons (Fsp3) is 0.636. The second-order valence-corrected chi connectivity index (χ2v) is 4.60. The van der Waals surface area contributed by atoms with Gasteiger partial charge in [0.05, 0.1) is 12.4 Å². The zero-order valence-corrected chi connectivity index (χ0v) is 10.2. The van der Waals surface area contributed by atoms with Crippen LogP contribution < -0.4 is 10.6 Å². The van der Waals surface area contributed by atoms with Gasteiger partial charge in [0, 0.05) is 12.1 Å². The van der Waals surface area contributed by atoms with Crippen molar-refractivity contribution in [1.29, 1.82) is 0 Å². The number of hydrogen-bond acceptors (Lipinski definition) is 4. The van der Waals surface area contributed by atoms with Crippen LogP contribution in [0.4, 0.5) is 5.82 Å². The molecule has 16 heavy (non-hydrogen) atoms. The molecule has 1 aromatic heterocycles. The third kappa shape index (κ3) is 3.06. The van der Waals surface area contributed by atoms with Crippen LogP contribution >= 0.6 is 11.6 Å². The largest absolute Gasteiger partial charge is 0.366 e. The molecular formula is C11H17ClN4. The van der Waals surface area contributed by atoms with Gasteiger partial charge in [-0.15, -0.1) is 0 Å². The van der Waals surface area contributed by atoms with Crippen molar-refractivity contribution < 1.29 is 0 Å². The molecule has 1 aliphatic carbocycles. The van der Waals surface area contributed by atoms with E-state index in [9.17, 15) is 0 Å². The van der Waals surface area contributed by atoms with Crippen molar-refractivity contribution in [2.24, 2.45) is 0 Å². The van der Waals surface area contributed by atoms with Crippen molar-refractivity contribution in [3.8, 4) is 0 Å². The zero-order valence-electron chi connectivity index (χ0n) is 9.41. The second-order valence-electron chi connectivity index (χ2n) is 4.21. The van der Waals surface area contributed by atoms with Gasteiger partial charge < -0.3 is 10.6 Å². The van der Waals surface area contributed by atoms with Crippen LogP contribution in [-0.4, -0.2) is 29.1 Å². The fourth-order valence-corrected chi connectivity index (χ4v) is 2.29. The Morgan fingerprint density at radius 1 is 1.19 bits per heavy atom. The molecule has 1 saturated carbocycles. The molecule has 1 fully saturated rings. The van der Waals surface area contributed by atoms with Crippen molar-refractivity contribution >= 4 is 17.4 Å². The molecule has 0 saturated heterocycles. The minimum absolute atomic E-state index is 0.439. The zero-order chi connectivity index (χ0) is 11.4. The molecule has 0 radical (unpaired) electrons. The highest BCUT2D eigenvalue weighted by atomic mass is 35.5. The van der Waals surface area contributed by atoms with E-state index < -0.39 is 0 Å². The second kappa shape index (κ2) is 5.46.